The Labute approximate surface area is 170 Å². The molecule has 0 aliphatic rings. The van der Waals surface area contributed by atoms with Gasteiger partial charge < -0.3 is 9.80 Å². The molecular formula is C21H25ClN2O2S. The number of nitrogens with zero attached hydrogens (tertiary/aromatic N) is 2. The summed E-state index contributed by atoms with van der Waals surface area (Å²) in [6.07, 6.45) is 0. The molecule has 0 N–H and O–H groups in total. The van der Waals surface area contributed by atoms with Gasteiger partial charge >= 0.3 is 0 Å². The van der Waals surface area contributed by atoms with Gasteiger partial charge in [-0.2, -0.15) is 0 Å². The normalized spacial score (nSPS) is 10.5. The Balaban J connectivity index is 1.88. The summed E-state index contributed by atoms with van der Waals surface area (Å²) in [5.41, 5.74) is 2.78. The van der Waals surface area contributed by atoms with Gasteiger partial charge in [-0.1, -0.05) is 35.9 Å². The molecule has 6 heteroatoms. The Hall–Kier alpha value is -1.98. The van der Waals surface area contributed by atoms with Gasteiger partial charge in [0, 0.05) is 43.5 Å². The number of hydrogen-bond donors (Lipinski definition) is 0. The minimum absolute atomic E-state index is 0.0256. The summed E-state index contributed by atoms with van der Waals surface area (Å²) in [5, 5.41) is 0.714. The van der Waals surface area contributed by atoms with Gasteiger partial charge in [-0.3, -0.25) is 9.59 Å². The lowest BCUT2D eigenvalue weighted by Gasteiger charge is -2.21. The predicted molar refractivity (Wildman–Crippen MR) is 113 cm³/mol. The van der Waals surface area contributed by atoms with Gasteiger partial charge in [-0.05, 0) is 42.3 Å². The Morgan fingerprint density at radius 3 is 2.33 bits per heavy atom. The van der Waals surface area contributed by atoms with E-state index in [1.807, 2.05) is 60.4 Å². The van der Waals surface area contributed by atoms with Gasteiger partial charge in [0.2, 0.25) is 5.91 Å². The third-order valence-corrected chi connectivity index (χ3v) is 5.32. The lowest BCUT2D eigenvalue weighted by molar-refractivity contribution is -0.128. The molecule has 0 aromatic heterocycles. The van der Waals surface area contributed by atoms with Crippen LogP contribution in [0.2, 0.25) is 5.02 Å². The molecule has 0 bridgehead atoms. The highest BCUT2D eigenvalue weighted by Crippen LogP contribution is 2.17. The van der Waals surface area contributed by atoms with Crippen molar-refractivity contribution in [3.05, 3.63) is 70.2 Å². The molecule has 0 saturated carbocycles. The summed E-state index contributed by atoms with van der Waals surface area (Å²) in [5.74, 6) is 1.27. The molecule has 0 saturated heterocycles. The highest BCUT2D eigenvalue weighted by Gasteiger charge is 2.13. The van der Waals surface area contributed by atoms with E-state index in [1.165, 1.54) is 0 Å². The van der Waals surface area contributed by atoms with Crippen molar-refractivity contribution in [2.24, 2.45) is 0 Å². The monoisotopic (exact) mass is 404 g/mol. The van der Waals surface area contributed by atoms with Gasteiger partial charge in [-0.15, -0.1) is 11.8 Å². The Bertz CT molecular complexity index is 778. The molecule has 144 valence electrons. The minimum Gasteiger partial charge on any atom is -0.345 e. The number of amides is 2. The Morgan fingerprint density at radius 2 is 1.74 bits per heavy atom. The minimum atomic E-state index is -0.0256. The number of rotatable bonds is 8. The van der Waals surface area contributed by atoms with Crippen molar-refractivity contribution >= 4 is 35.2 Å². The molecular weight excluding hydrogens is 380 g/mol. The van der Waals surface area contributed by atoms with Crippen LogP contribution in [0.15, 0.2) is 48.5 Å². The highest BCUT2D eigenvalue weighted by molar-refractivity contribution is 7.99. The van der Waals surface area contributed by atoms with E-state index in [2.05, 4.69) is 0 Å². The maximum Gasteiger partial charge on any atom is 0.253 e. The van der Waals surface area contributed by atoms with Crippen LogP contribution in [-0.4, -0.2) is 48.0 Å². The van der Waals surface area contributed by atoms with Crippen LogP contribution in [0.1, 0.15) is 28.4 Å². The quantitative estimate of drug-likeness (QED) is 0.657. The number of carbonyl (C=O) groups excluding carboxylic acids is 2. The molecule has 2 aromatic carbocycles. The predicted octanol–water partition coefficient (Wildman–Crippen LogP) is 4.32. The molecule has 0 aliphatic heterocycles. The highest BCUT2D eigenvalue weighted by atomic mass is 35.5. The maximum absolute atomic E-state index is 12.5. The van der Waals surface area contributed by atoms with Crippen LogP contribution in [-0.2, 0) is 17.1 Å². The first-order chi connectivity index (χ1) is 12.9. The van der Waals surface area contributed by atoms with Crippen molar-refractivity contribution in [1.82, 2.24) is 9.80 Å². The molecule has 0 spiro atoms. The third-order valence-electron chi connectivity index (χ3n) is 4.10. The molecule has 0 aliphatic carbocycles. The fourth-order valence-electron chi connectivity index (χ4n) is 2.58. The third kappa shape index (κ3) is 6.60. The molecule has 0 fully saturated rings. The maximum atomic E-state index is 12.5. The molecule has 2 aromatic rings. The van der Waals surface area contributed by atoms with Crippen LogP contribution in [0, 0.1) is 0 Å². The van der Waals surface area contributed by atoms with E-state index in [1.54, 1.807) is 30.8 Å². The van der Waals surface area contributed by atoms with E-state index in [9.17, 15) is 9.59 Å². The summed E-state index contributed by atoms with van der Waals surface area (Å²) in [6, 6.07) is 15.1. The zero-order chi connectivity index (χ0) is 19.8. The number of halogens is 1. The summed E-state index contributed by atoms with van der Waals surface area (Å²) in [6.45, 7) is 3.17. The largest absolute Gasteiger partial charge is 0.345 e. The molecule has 27 heavy (non-hydrogen) atoms. The van der Waals surface area contributed by atoms with Gasteiger partial charge in [0.15, 0.2) is 0 Å². The van der Waals surface area contributed by atoms with Gasteiger partial charge in [0.25, 0.3) is 5.91 Å². The number of thioether (sulfide) groups is 1. The van der Waals surface area contributed by atoms with E-state index in [0.717, 1.165) is 16.9 Å². The fraction of sp³-hybridized carbons (Fsp3) is 0.333. The SMILES string of the molecule is CCN(Cc1ccc(C(=O)N(C)C)cc1)C(=O)CSCc1cccc(Cl)c1. The molecule has 0 unspecified atom stereocenters. The summed E-state index contributed by atoms with van der Waals surface area (Å²) < 4.78 is 0. The second-order valence-electron chi connectivity index (χ2n) is 6.43. The summed E-state index contributed by atoms with van der Waals surface area (Å²) in [7, 11) is 3.46. The van der Waals surface area contributed by atoms with Crippen molar-refractivity contribution < 1.29 is 9.59 Å². The van der Waals surface area contributed by atoms with Crippen molar-refractivity contribution in [2.45, 2.75) is 19.2 Å². The molecule has 4 nitrogen and oxygen atoms in total. The second kappa shape index (κ2) is 10.4. The van der Waals surface area contributed by atoms with Crippen LogP contribution < -0.4 is 0 Å². The first-order valence-corrected chi connectivity index (χ1v) is 10.3. The average Bonchev–Trinajstić information content (AvgIpc) is 2.66. The van der Waals surface area contributed by atoms with Gasteiger partial charge in [0.1, 0.15) is 0 Å². The number of benzene rings is 2. The lowest BCUT2D eigenvalue weighted by Crippen LogP contribution is -2.31. The van der Waals surface area contributed by atoms with Crippen LogP contribution >= 0.6 is 23.4 Å². The molecule has 0 radical (unpaired) electrons. The van der Waals surface area contributed by atoms with Crippen LogP contribution in [0.5, 0.6) is 0 Å². The summed E-state index contributed by atoms with van der Waals surface area (Å²) in [4.78, 5) is 27.8. The number of hydrogen-bond acceptors (Lipinski definition) is 3. The first kappa shape index (κ1) is 21.3. The van der Waals surface area contributed by atoms with Gasteiger partial charge in [0.05, 0.1) is 5.75 Å². The second-order valence-corrected chi connectivity index (χ2v) is 7.85. The first-order valence-electron chi connectivity index (χ1n) is 8.81. The van der Waals surface area contributed by atoms with Crippen LogP contribution in [0.25, 0.3) is 0 Å². The average molecular weight is 405 g/mol. The van der Waals surface area contributed by atoms with E-state index in [4.69, 9.17) is 11.6 Å². The standard InChI is InChI=1S/C21H25ClN2O2S/c1-4-24(13-16-8-10-18(11-9-16)21(26)23(2)3)20(25)15-27-14-17-6-5-7-19(22)12-17/h5-12H,4,13-15H2,1-3H3. The zero-order valence-electron chi connectivity index (χ0n) is 15.9. The fourth-order valence-corrected chi connectivity index (χ4v) is 3.67. The van der Waals surface area contributed by atoms with Crippen molar-refractivity contribution in [2.75, 3.05) is 26.4 Å². The molecule has 2 amide bonds. The van der Waals surface area contributed by atoms with E-state index >= 15 is 0 Å². The van der Waals surface area contributed by atoms with E-state index in [0.29, 0.717) is 29.4 Å². The van der Waals surface area contributed by atoms with Gasteiger partial charge in [-0.25, -0.2) is 0 Å². The van der Waals surface area contributed by atoms with E-state index in [-0.39, 0.29) is 11.8 Å². The van der Waals surface area contributed by atoms with Crippen LogP contribution in [0.4, 0.5) is 0 Å². The van der Waals surface area contributed by atoms with Crippen molar-refractivity contribution in [1.29, 1.82) is 0 Å². The van der Waals surface area contributed by atoms with Crippen molar-refractivity contribution in [3.63, 3.8) is 0 Å². The molecule has 0 heterocycles. The number of carbonyl (C=O) groups is 2. The topological polar surface area (TPSA) is 40.6 Å². The summed E-state index contributed by atoms with van der Waals surface area (Å²) >= 11 is 7.58. The molecule has 2 rings (SSSR count). The van der Waals surface area contributed by atoms with E-state index < -0.39 is 0 Å². The Kier molecular flexibility index (Phi) is 8.20. The zero-order valence-corrected chi connectivity index (χ0v) is 17.5. The van der Waals surface area contributed by atoms with Crippen molar-refractivity contribution in [3.8, 4) is 0 Å². The molecule has 0 atom stereocenters. The Morgan fingerprint density at radius 1 is 1.04 bits per heavy atom. The van der Waals surface area contributed by atoms with Crippen LogP contribution in [0.3, 0.4) is 0 Å². The lowest BCUT2D eigenvalue weighted by atomic mass is 10.1. The smallest absolute Gasteiger partial charge is 0.253 e.